The van der Waals surface area contributed by atoms with Crippen molar-refractivity contribution in [2.75, 3.05) is 14.1 Å². The van der Waals surface area contributed by atoms with Gasteiger partial charge in [-0.15, -0.1) is 0 Å². The van der Waals surface area contributed by atoms with E-state index < -0.39 is 0 Å². The molecule has 0 amide bonds. The number of ether oxygens (including phenoxy) is 2. The molecule has 40 heavy (non-hydrogen) atoms. The maximum Gasteiger partial charge on any atom is 0.338 e. The van der Waals surface area contributed by atoms with E-state index in [1.807, 2.05) is 0 Å². The van der Waals surface area contributed by atoms with Crippen LogP contribution < -0.4 is 0 Å². The lowest BCUT2D eigenvalue weighted by molar-refractivity contribution is -0.126. The molecule has 1 aromatic rings. The summed E-state index contributed by atoms with van der Waals surface area (Å²) >= 11 is 0. The molecule has 0 saturated carbocycles. The minimum atomic E-state index is -0.377. The van der Waals surface area contributed by atoms with Crippen LogP contribution in [0.5, 0.6) is 0 Å². The molecule has 3 rings (SSSR count). The Balaban J connectivity index is 1.80. The second-order valence-corrected chi connectivity index (χ2v) is 13.7. The maximum atomic E-state index is 13.4. The summed E-state index contributed by atoms with van der Waals surface area (Å²) in [6.45, 7) is 22.3. The number of hydrogen-bond donors (Lipinski definition) is 0. The van der Waals surface area contributed by atoms with Gasteiger partial charge in [-0.05, 0) is 85.7 Å². The van der Waals surface area contributed by atoms with Gasteiger partial charge >= 0.3 is 11.9 Å². The Hall–Kier alpha value is -1.92. The molecule has 0 N–H and O–H groups in total. The molecule has 2 fully saturated rings. The van der Waals surface area contributed by atoms with Crippen molar-refractivity contribution >= 4 is 11.9 Å². The van der Waals surface area contributed by atoms with E-state index in [4.69, 9.17) is 9.47 Å². The molecule has 0 aliphatic carbocycles. The van der Waals surface area contributed by atoms with Crippen LogP contribution in [0.25, 0.3) is 0 Å². The number of likely N-dealkylation sites (tertiary alicyclic amines) is 2. The molecule has 2 aliphatic rings. The standard InChI is InChI=1S/C34H56N2O4/c1-13-31(7)21-27(23(5)33(9,15-3)35(31)11)39-29(37)25-18-17-19-26(20-25)30(38)40-28-22-32(8,14-2)36(12)34(10,16-4)24(28)6/h17-20,23-24,27-28H,13-16,21-22H2,1-12H3. The van der Waals surface area contributed by atoms with Crippen molar-refractivity contribution in [2.45, 2.75) is 142 Å². The van der Waals surface area contributed by atoms with Crippen molar-refractivity contribution < 1.29 is 19.1 Å². The molecule has 0 bridgehead atoms. The summed E-state index contributed by atoms with van der Waals surface area (Å²) in [6.07, 6.45) is 5.06. The van der Waals surface area contributed by atoms with E-state index in [0.29, 0.717) is 11.1 Å². The van der Waals surface area contributed by atoms with Crippen LogP contribution >= 0.6 is 0 Å². The van der Waals surface area contributed by atoms with Crippen LogP contribution in [0, 0.1) is 11.8 Å². The molecule has 2 aliphatic heterocycles. The van der Waals surface area contributed by atoms with Gasteiger partial charge in [0.25, 0.3) is 0 Å². The molecule has 8 unspecified atom stereocenters. The van der Waals surface area contributed by atoms with Crippen LogP contribution in [0.2, 0.25) is 0 Å². The van der Waals surface area contributed by atoms with Crippen LogP contribution in [0.4, 0.5) is 0 Å². The Bertz CT molecular complexity index is 997. The van der Waals surface area contributed by atoms with E-state index in [1.165, 1.54) is 0 Å². The highest BCUT2D eigenvalue weighted by Crippen LogP contribution is 2.47. The molecular weight excluding hydrogens is 500 g/mol. The molecule has 8 atom stereocenters. The fourth-order valence-electron chi connectivity index (χ4n) is 7.49. The normalized spacial score (nSPS) is 39.1. The molecule has 2 saturated heterocycles. The topological polar surface area (TPSA) is 59.1 Å². The zero-order valence-corrected chi connectivity index (χ0v) is 27.4. The summed E-state index contributed by atoms with van der Waals surface area (Å²) in [6, 6.07) is 6.86. The van der Waals surface area contributed by atoms with Gasteiger partial charge in [0.2, 0.25) is 0 Å². The molecular formula is C34H56N2O4. The van der Waals surface area contributed by atoms with Crippen LogP contribution in [-0.4, -0.2) is 70.2 Å². The van der Waals surface area contributed by atoms with Crippen LogP contribution in [0.15, 0.2) is 24.3 Å². The zero-order valence-electron chi connectivity index (χ0n) is 27.4. The first kappa shape index (κ1) is 32.6. The second-order valence-electron chi connectivity index (χ2n) is 13.7. The van der Waals surface area contributed by atoms with Gasteiger partial charge in [-0.25, -0.2) is 9.59 Å². The summed E-state index contributed by atoms with van der Waals surface area (Å²) in [5, 5.41) is 0. The monoisotopic (exact) mass is 556 g/mol. The first-order valence-electron chi connectivity index (χ1n) is 15.6. The molecule has 0 aromatic heterocycles. The van der Waals surface area contributed by atoms with Gasteiger partial charge < -0.3 is 9.47 Å². The SMILES string of the molecule is CCC1(C)CC(OC(=O)c2cccc(C(=O)OC3CC(C)(CC)N(C)C(C)(CC)C3C)c2)C(C)C(C)(CC)N1C. The number of hydrogen-bond acceptors (Lipinski definition) is 6. The Kier molecular flexibility index (Phi) is 9.58. The van der Waals surface area contributed by atoms with E-state index in [2.05, 4.69) is 93.1 Å². The third-order valence-electron chi connectivity index (χ3n) is 12.3. The second kappa shape index (κ2) is 11.8. The Morgan fingerprint density at radius 3 is 1.38 bits per heavy atom. The Morgan fingerprint density at radius 1 is 0.725 bits per heavy atom. The number of piperidine rings is 2. The number of nitrogens with zero attached hydrogens (tertiary/aromatic N) is 2. The molecule has 226 valence electrons. The van der Waals surface area contributed by atoms with Gasteiger partial charge in [0.05, 0.1) is 11.1 Å². The minimum Gasteiger partial charge on any atom is -0.458 e. The highest BCUT2D eigenvalue weighted by atomic mass is 16.5. The summed E-state index contributed by atoms with van der Waals surface area (Å²) in [5.41, 5.74) is 0.515. The highest BCUT2D eigenvalue weighted by Gasteiger charge is 2.53. The van der Waals surface area contributed by atoms with Crippen LogP contribution in [-0.2, 0) is 9.47 Å². The number of esters is 2. The van der Waals surface area contributed by atoms with Gasteiger partial charge in [-0.3, -0.25) is 9.80 Å². The summed E-state index contributed by atoms with van der Waals surface area (Å²) < 4.78 is 12.4. The number of carbonyl (C=O) groups is 2. The van der Waals surface area contributed by atoms with Crippen molar-refractivity contribution in [3.05, 3.63) is 35.4 Å². The van der Waals surface area contributed by atoms with Crippen LogP contribution in [0.3, 0.4) is 0 Å². The lowest BCUT2D eigenvalue weighted by Crippen LogP contribution is -2.66. The first-order chi connectivity index (χ1) is 18.6. The van der Waals surface area contributed by atoms with Crippen molar-refractivity contribution in [1.82, 2.24) is 9.80 Å². The van der Waals surface area contributed by atoms with E-state index in [0.717, 1.165) is 38.5 Å². The summed E-state index contributed by atoms with van der Waals surface area (Å²) in [5.74, 6) is -0.410. The van der Waals surface area contributed by atoms with E-state index >= 15 is 0 Å². The largest absolute Gasteiger partial charge is 0.458 e. The molecule has 6 nitrogen and oxygen atoms in total. The van der Waals surface area contributed by atoms with E-state index in [-0.39, 0.29) is 58.1 Å². The number of carbonyl (C=O) groups excluding carboxylic acids is 2. The molecule has 0 spiro atoms. The van der Waals surface area contributed by atoms with Crippen molar-refractivity contribution in [3.63, 3.8) is 0 Å². The quantitative estimate of drug-likeness (QED) is 0.312. The number of benzene rings is 1. The predicted molar refractivity (Wildman–Crippen MR) is 163 cm³/mol. The maximum absolute atomic E-state index is 13.4. The Labute approximate surface area is 244 Å². The molecule has 0 radical (unpaired) electrons. The zero-order chi connectivity index (χ0) is 30.3. The van der Waals surface area contributed by atoms with Crippen molar-refractivity contribution in [1.29, 1.82) is 0 Å². The van der Waals surface area contributed by atoms with Gasteiger partial charge in [-0.1, -0.05) is 47.6 Å². The lowest BCUT2D eigenvalue weighted by Gasteiger charge is -2.59. The molecule has 2 heterocycles. The third-order valence-corrected chi connectivity index (χ3v) is 12.3. The highest BCUT2D eigenvalue weighted by molar-refractivity contribution is 5.95. The fourth-order valence-corrected chi connectivity index (χ4v) is 7.49. The third kappa shape index (κ3) is 5.47. The lowest BCUT2D eigenvalue weighted by atomic mass is 9.68. The molecule has 6 heteroatoms. The van der Waals surface area contributed by atoms with Gasteiger partial charge in [0, 0.05) is 46.8 Å². The molecule has 1 aromatic carbocycles. The number of rotatable bonds is 8. The fraction of sp³-hybridized carbons (Fsp3) is 0.765. The Morgan fingerprint density at radius 2 is 1.07 bits per heavy atom. The predicted octanol–water partition coefficient (Wildman–Crippen LogP) is 7.36. The van der Waals surface area contributed by atoms with Crippen molar-refractivity contribution in [2.24, 2.45) is 11.8 Å². The van der Waals surface area contributed by atoms with Gasteiger partial charge in [-0.2, -0.15) is 0 Å². The average Bonchev–Trinajstić information content (AvgIpc) is 2.96. The summed E-state index contributed by atoms with van der Waals surface area (Å²) in [7, 11) is 4.40. The summed E-state index contributed by atoms with van der Waals surface area (Å²) in [4.78, 5) is 31.9. The van der Waals surface area contributed by atoms with Gasteiger partial charge in [0.15, 0.2) is 0 Å². The smallest absolute Gasteiger partial charge is 0.338 e. The van der Waals surface area contributed by atoms with E-state index in [9.17, 15) is 9.59 Å². The van der Waals surface area contributed by atoms with Crippen molar-refractivity contribution in [3.8, 4) is 0 Å². The van der Waals surface area contributed by atoms with Crippen LogP contribution in [0.1, 0.15) is 128 Å². The van der Waals surface area contributed by atoms with E-state index in [1.54, 1.807) is 24.3 Å². The van der Waals surface area contributed by atoms with Gasteiger partial charge in [0.1, 0.15) is 12.2 Å². The first-order valence-corrected chi connectivity index (χ1v) is 15.6. The average molecular weight is 557 g/mol. The minimum absolute atomic E-state index is 0.0569.